The van der Waals surface area contributed by atoms with Gasteiger partial charge in [-0.2, -0.15) is 4.98 Å². The molecule has 1 aliphatic carbocycles. The molecular formula is C18H14ClFN2O. The highest BCUT2D eigenvalue weighted by Gasteiger charge is 2.24. The molecule has 0 saturated heterocycles. The second-order valence-corrected chi connectivity index (χ2v) is 6.40. The van der Waals surface area contributed by atoms with Gasteiger partial charge in [0.05, 0.1) is 11.2 Å². The van der Waals surface area contributed by atoms with Gasteiger partial charge in [-0.15, -0.1) is 0 Å². The number of rotatable bonds is 3. The first-order valence-electron chi connectivity index (χ1n) is 7.58. The van der Waals surface area contributed by atoms with E-state index in [1.54, 1.807) is 22.8 Å². The zero-order valence-electron chi connectivity index (χ0n) is 12.3. The third-order valence-electron chi connectivity index (χ3n) is 4.20. The van der Waals surface area contributed by atoms with Crippen molar-refractivity contribution < 1.29 is 4.39 Å². The molecule has 0 spiro atoms. The van der Waals surface area contributed by atoms with Crippen LogP contribution in [0.3, 0.4) is 0 Å². The number of halogens is 2. The van der Waals surface area contributed by atoms with Gasteiger partial charge in [-0.25, -0.2) is 9.18 Å². The van der Waals surface area contributed by atoms with Gasteiger partial charge in [0.25, 0.3) is 0 Å². The lowest BCUT2D eigenvalue weighted by Gasteiger charge is -2.13. The largest absolute Gasteiger partial charge is 0.348 e. The van der Waals surface area contributed by atoms with Crippen LogP contribution < -0.4 is 5.69 Å². The van der Waals surface area contributed by atoms with E-state index in [2.05, 4.69) is 4.98 Å². The van der Waals surface area contributed by atoms with Crippen molar-refractivity contribution in [2.75, 3.05) is 0 Å². The average molecular weight is 329 g/mol. The van der Waals surface area contributed by atoms with E-state index in [0.717, 1.165) is 23.7 Å². The molecule has 0 bridgehead atoms. The molecule has 4 rings (SSSR count). The summed E-state index contributed by atoms with van der Waals surface area (Å²) in [5, 5.41) is 1.39. The Balaban J connectivity index is 1.98. The number of nitrogens with zero attached hydrogens (tertiary/aromatic N) is 2. The van der Waals surface area contributed by atoms with Gasteiger partial charge >= 0.3 is 5.69 Å². The average Bonchev–Trinajstić information content (AvgIpc) is 3.35. The Bertz CT molecular complexity index is 946. The zero-order valence-corrected chi connectivity index (χ0v) is 13.1. The first kappa shape index (κ1) is 14.4. The van der Waals surface area contributed by atoms with E-state index in [0.29, 0.717) is 28.7 Å². The van der Waals surface area contributed by atoms with E-state index in [-0.39, 0.29) is 11.5 Å². The van der Waals surface area contributed by atoms with Crippen molar-refractivity contribution in [1.29, 1.82) is 0 Å². The number of fused-ring (bicyclic) bond motifs is 1. The fourth-order valence-corrected chi connectivity index (χ4v) is 2.99. The molecule has 0 amide bonds. The van der Waals surface area contributed by atoms with Gasteiger partial charge in [-0.3, -0.25) is 4.57 Å². The number of hydrogen-bond donors (Lipinski definition) is 0. The molecule has 0 atom stereocenters. The standard InChI is InChI=1S/C18H14ClFN2O/c19-13-5-8-16-15(9-13)17(12-3-6-14(20)7-4-12)21-18(23)22(16)10-11-1-2-11/h3-9,11H,1-2,10H2. The molecule has 0 unspecified atom stereocenters. The van der Waals surface area contributed by atoms with Crippen LogP contribution in [0.5, 0.6) is 0 Å². The molecule has 2 aromatic carbocycles. The van der Waals surface area contributed by atoms with Crippen molar-refractivity contribution in [3.63, 3.8) is 0 Å². The SMILES string of the molecule is O=c1nc(-c2ccc(F)cc2)c2cc(Cl)ccc2n1CC1CC1. The number of aromatic nitrogens is 2. The molecule has 1 heterocycles. The second-order valence-electron chi connectivity index (χ2n) is 5.97. The lowest BCUT2D eigenvalue weighted by molar-refractivity contribution is 0.614. The maximum atomic E-state index is 13.2. The molecular weight excluding hydrogens is 315 g/mol. The van der Waals surface area contributed by atoms with Gasteiger partial charge in [-0.05, 0) is 61.2 Å². The molecule has 5 heteroatoms. The number of hydrogen-bond acceptors (Lipinski definition) is 2. The van der Waals surface area contributed by atoms with Crippen molar-refractivity contribution in [2.45, 2.75) is 19.4 Å². The Morgan fingerprint density at radius 2 is 1.91 bits per heavy atom. The summed E-state index contributed by atoms with van der Waals surface area (Å²) >= 11 is 6.14. The van der Waals surface area contributed by atoms with E-state index >= 15 is 0 Å². The van der Waals surface area contributed by atoms with Gasteiger partial charge in [0, 0.05) is 22.5 Å². The minimum absolute atomic E-state index is 0.272. The smallest absolute Gasteiger partial charge is 0.292 e. The summed E-state index contributed by atoms with van der Waals surface area (Å²) in [6, 6.07) is 11.4. The van der Waals surface area contributed by atoms with E-state index in [9.17, 15) is 9.18 Å². The van der Waals surface area contributed by atoms with Gasteiger partial charge in [0.2, 0.25) is 0 Å². The van der Waals surface area contributed by atoms with Gasteiger partial charge in [0.15, 0.2) is 0 Å². The molecule has 1 saturated carbocycles. The van der Waals surface area contributed by atoms with Gasteiger partial charge in [0.1, 0.15) is 5.82 Å². The molecule has 23 heavy (non-hydrogen) atoms. The maximum Gasteiger partial charge on any atom is 0.348 e. The molecule has 0 aliphatic heterocycles. The molecule has 3 aromatic rings. The lowest BCUT2D eigenvalue weighted by Crippen LogP contribution is -2.24. The quantitative estimate of drug-likeness (QED) is 0.719. The summed E-state index contributed by atoms with van der Waals surface area (Å²) in [7, 11) is 0. The maximum absolute atomic E-state index is 13.2. The van der Waals surface area contributed by atoms with Crippen molar-refractivity contribution in [2.24, 2.45) is 5.92 Å². The Hall–Kier alpha value is -2.20. The Labute approximate surface area is 137 Å². The number of benzene rings is 2. The predicted octanol–water partition coefficient (Wildman–Crippen LogP) is 4.27. The Morgan fingerprint density at radius 1 is 1.17 bits per heavy atom. The van der Waals surface area contributed by atoms with Crippen LogP contribution in [0.1, 0.15) is 12.8 Å². The molecule has 0 radical (unpaired) electrons. The fourth-order valence-electron chi connectivity index (χ4n) is 2.82. The zero-order chi connectivity index (χ0) is 16.0. The highest BCUT2D eigenvalue weighted by Crippen LogP contribution is 2.33. The van der Waals surface area contributed by atoms with Crippen LogP contribution in [-0.2, 0) is 6.54 Å². The summed E-state index contributed by atoms with van der Waals surface area (Å²) in [5.74, 6) is 0.239. The molecule has 1 aliphatic rings. The molecule has 1 fully saturated rings. The summed E-state index contributed by atoms with van der Waals surface area (Å²) < 4.78 is 14.9. The lowest BCUT2D eigenvalue weighted by atomic mass is 10.1. The molecule has 3 nitrogen and oxygen atoms in total. The normalized spacial score (nSPS) is 14.3. The predicted molar refractivity (Wildman–Crippen MR) is 89.1 cm³/mol. The Kier molecular flexibility index (Phi) is 3.42. The van der Waals surface area contributed by atoms with Gasteiger partial charge < -0.3 is 0 Å². The summed E-state index contributed by atoms with van der Waals surface area (Å²) in [5.41, 5.74) is 1.79. The minimum Gasteiger partial charge on any atom is -0.292 e. The van der Waals surface area contributed by atoms with E-state index in [4.69, 9.17) is 11.6 Å². The van der Waals surface area contributed by atoms with Crippen LogP contribution in [0.2, 0.25) is 5.02 Å². The van der Waals surface area contributed by atoms with E-state index < -0.39 is 0 Å². The topological polar surface area (TPSA) is 34.9 Å². The van der Waals surface area contributed by atoms with Crippen LogP contribution >= 0.6 is 11.6 Å². The van der Waals surface area contributed by atoms with Crippen LogP contribution in [0.25, 0.3) is 22.2 Å². The van der Waals surface area contributed by atoms with Crippen LogP contribution in [0.15, 0.2) is 47.3 Å². The first-order valence-corrected chi connectivity index (χ1v) is 7.95. The highest BCUT2D eigenvalue weighted by molar-refractivity contribution is 6.31. The molecule has 1 aromatic heterocycles. The minimum atomic E-state index is -0.321. The summed E-state index contributed by atoms with van der Waals surface area (Å²) in [4.78, 5) is 16.7. The monoisotopic (exact) mass is 328 g/mol. The van der Waals surface area contributed by atoms with Crippen LogP contribution in [0, 0.1) is 11.7 Å². The summed E-state index contributed by atoms with van der Waals surface area (Å²) in [6.45, 7) is 0.688. The van der Waals surface area contributed by atoms with Crippen molar-refractivity contribution in [3.05, 3.63) is 63.8 Å². The van der Waals surface area contributed by atoms with Crippen molar-refractivity contribution in [1.82, 2.24) is 9.55 Å². The third-order valence-corrected chi connectivity index (χ3v) is 4.43. The summed E-state index contributed by atoms with van der Waals surface area (Å²) in [6.07, 6.45) is 2.31. The van der Waals surface area contributed by atoms with E-state index in [1.807, 2.05) is 12.1 Å². The fraction of sp³-hybridized carbons (Fsp3) is 0.222. The first-order chi connectivity index (χ1) is 11.1. The Morgan fingerprint density at radius 3 is 2.61 bits per heavy atom. The highest BCUT2D eigenvalue weighted by atomic mass is 35.5. The third kappa shape index (κ3) is 2.75. The van der Waals surface area contributed by atoms with Crippen LogP contribution in [-0.4, -0.2) is 9.55 Å². The van der Waals surface area contributed by atoms with Gasteiger partial charge in [-0.1, -0.05) is 11.6 Å². The van der Waals surface area contributed by atoms with Crippen LogP contribution in [0.4, 0.5) is 4.39 Å². The van der Waals surface area contributed by atoms with E-state index in [1.165, 1.54) is 12.1 Å². The second kappa shape index (κ2) is 5.46. The molecule has 0 N–H and O–H groups in total. The van der Waals surface area contributed by atoms with Crippen molar-refractivity contribution in [3.8, 4) is 11.3 Å². The molecule has 116 valence electrons. The van der Waals surface area contributed by atoms with Crippen molar-refractivity contribution >= 4 is 22.5 Å².